The molecule has 0 saturated carbocycles. The van der Waals surface area contributed by atoms with E-state index in [0.29, 0.717) is 116 Å². The Bertz CT molecular complexity index is 5720. The highest BCUT2D eigenvalue weighted by Crippen LogP contribution is 2.17. The van der Waals surface area contributed by atoms with Crippen LogP contribution in [0.3, 0.4) is 0 Å². The number of amides is 9. The Morgan fingerprint density at radius 1 is 0.372 bits per heavy atom. The van der Waals surface area contributed by atoms with Gasteiger partial charge in [-0.2, -0.15) is 0 Å². The number of unbranched alkanes of at least 4 members (excludes halogenated alkanes) is 6. The van der Waals surface area contributed by atoms with Gasteiger partial charge in [0, 0.05) is 159 Å². The molecular formula is C106H143N11O26S2. The summed E-state index contributed by atoms with van der Waals surface area (Å²) in [6, 6.07) is 36.9. The molecule has 145 heavy (non-hydrogen) atoms. The van der Waals surface area contributed by atoms with Crippen LogP contribution in [-0.2, 0) is 72.6 Å². The monoisotopic (exact) mass is 2050 g/mol. The second kappa shape index (κ2) is 71.2. The molecule has 0 radical (unpaired) electrons. The number of rotatable bonds is 46. The summed E-state index contributed by atoms with van der Waals surface area (Å²) in [5.74, 6) is 5.85. The Balaban J connectivity index is 0.000000872. The Morgan fingerprint density at radius 2 is 0.662 bits per heavy atom. The van der Waals surface area contributed by atoms with Crippen molar-refractivity contribution in [3.05, 3.63) is 237 Å². The Hall–Kier alpha value is -14.3. The molecule has 0 aromatic heterocycles. The number of carboxylic acid groups (broad SMARTS) is 2. The number of methoxy groups -OCH3 is 3. The summed E-state index contributed by atoms with van der Waals surface area (Å²) in [4.78, 5) is 167. The predicted octanol–water partition coefficient (Wildman–Crippen LogP) is 9.13. The summed E-state index contributed by atoms with van der Waals surface area (Å²) >= 11 is 0. The summed E-state index contributed by atoms with van der Waals surface area (Å²) in [5.41, 5.74) is 7.41. The molecule has 0 aliphatic heterocycles. The van der Waals surface area contributed by atoms with Crippen molar-refractivity contribution < 1.29 is 124 Å². The third-order valence-corrected chi connectivity index (χ3v) is 23.3. The smallest absolute Gasteiger partial charge is 0.330 e. The average Bonchev–Trinajstić information content (AvgIpc) is 1.04. The van der Waals surface area contributed by atoms with Gasteiger partial charge < -0.3 is 86.3 Å². The fourth-order valence-electron chi connectivity index (χ4n) is 11.6. The van der Waals surface area contributed by atoms with Crippen LogP contribution in [0.25, 0.3) is 24.3 Å². The molecule has 11 N–H and O–H groups in total. The average molecular weight is 2050 g/mol. The molecule has 0 aliphatic carbocycles. The second-order valence-corrected chi connectivity index (χ2v) is 37.4. The molecule has 39 heteroatoms. The maximum Gasteiger partial charge on any atom is 0.330 e. The zero-order valence-corrected chi connectivity index (χ0v) is 87.6. The number of sulfonamides is 2. The van der Waals surface area contributed by atoms with Crippen molar-refractivity contribution in [2.24, 2.45) is 0 Å². The van der Waals surface area contributed by atoms with E-state index in [2.05, 4.69) is 69.8 Å². The van der Waals surface area contributed by atoms with E-state index in [1.54, 1.807) is 200 Å². The van der Waals surface area contributed by atoms with Crippen LogP contribution in [0.5, 0.6) is 0 Å². The number of carboxylic acids is 2. The van der Waals surface area contributed by atoms with Gasteiger partial charge in [-0.25, -0.2) is 39.8 Å². The summed E-state index contributed by atoms with van der Waals surface area (Å²) in [5, 5.41) is 59.4. The zero-order chi connectivity index (χ0) is 109. The van der Waals surface area contributed by atoms with Crippen LogP contribution in [0.1, 0.15) is 227 Å². The number of aliphatic hydroxyl groups excluding tert-OH is 3. The standard InChI is InChI=1S/C19H24N2O5.C19H26N2O4.C18H26N2O5S.C18H24N2O4.C17H24N2O5S.C15H19NO3/c1-21(2)17(23)11-6-4-5-8-14-9-7-10-15(12-14)18(24)20-16(13-22)19(25)26-3;1-14(19(24)25-4)20-18(23)17-11-8-10-16(13-17)9-6-5-7-12-21(3)15(2)22;1-14(18(22)25-3)19-17(21)16-11-8-10-15(13-16)9-6-5-7-12-20(2)26(4,23)24;1-13(18(23)24)19-17(22)16-10-7-9-15(12-16)8-5-4-6-11-20(3)14(2)21;1-13(17(21)22)18-16(20)15-10-7-9-14(12-15)8-5-4-6-11-19(2)25(3,23)24;1-12(11-18)16-15(19)14-8-5-7-13(10-14)6-3-2-4-9-17/h7,9-10,12,16,22H,4,6,11,13H2,1-3H3,(H,20,24);6,8-11,13-14H,5,7,12H2,1-4H3,(H,20,23);6,8-11,13-14H,5,7,12H2,1-4H3,(H,19,21);5,7-10,12-13H,4,6,11H2,1-3H3,(H,19,22)(H,23,24);5,7-10,12-13H,4,6,11H2,1-3H3,(H,18,20)(H,21,22);5,7-8,10,12,17-18H,2,4,9,11H2,1H3,(H,16,19)/b;2*9-6-;2*8-5-;/t16-;2*14-;2*13-;/m11111./s1. The number of nitrogens with one attached hydrogen (secondary N) is 6. The van der Waals surface area contributed by atoms with Gasteiger partial charge in [0.05, 0.1) is 47.1 Å². The number of benzene rings is 6. The van der Waals surface area contributed by atoms with Crippen LogP contribution in [0.4, 0.5) is 0 Å². The number of carbonyl (C=O) groups is 14. The molecule has 0 saturated heterocycles. The molecule has 6 aromatic rings. The van der Waals surface area contributed by atoms with Crippen LogP contribution in [-0.4, -0.2) is 307 Å². The molecule has 6 aromatic carbocycles. The van der Waals surface area contributed by atoms with Gasteiger partial charge in [-0.05, 0) is 206 Å². The number of carbonyl (C=O) groups excluding carboxylic acids is 12. The van der Waals surface area contributed by atoms with Gasteiger partial charge in [0.15, 0.2) is 6.04 Å². The van der Waals surface area contributed by atoms with E-state index in [9.17, 15) is 84.0 Å². The first-order chi connectivity index (χ1) is 68.5. The van der Waals surface area contributed by atoms with E-state index >= 15 is 0 Å². The molecule has 6 atom stereocenters. The molecular weight excluding hydrogens is 1910 g/mol. The number of nitrogens with zero attached hydrogens (tertiary/aromatic N) is 5. The lowest BCUT2D eigenvalue weighted by Crippen LogP contribution is -2.44. The topological polar surface area (TPSA) is 524 Å². The van der Waals surface area contributed by atoms with Crippen molar-refractivity contribution in [1.82, 2.24) is 55.2 Å². The molecule has 9 amide bonds. The van der Waals surface area contributed by atoms with Crippen molar-refractivity contribution in [2.75, 3.05) is 122 Å². The van der Waals surface area contributed by atoms with Crippen molar-refractivity contribution in [2.45, 2.75) is 168 Å². The van der Waals surface area contributed by atoms with Gasteiger partial charge in [-0.15, -0.1) is 0 Å². The molecule has 37 nitrogen and oxygen atoms in total. The van der Waals surface area contributed by atoms with E-state index in [4.69, 9.17) is 25.5 Å². The normalized spacial score (nSPS) is 12.0. The quantitative estimate of drug-likeness (QED) is 0.00734. The number of esters is 3. The van der Waals surface area contributed by atoms with E-state index in [1.807, 2.05) is 78.9 Å². The second-order valence-electron chi connectivity index (χ2n) is 33.3. The summed E-state index contributed by atoms with van der Waals surface area (Å²) < 4.78 is 61.4. The van der Waals surface area contributed by atoms with Crippen LogP contribution in [0.2, 0.25) is 0 Å². The largest absolute Gasteiger partial charge is 0.480 e. The van der Waals surface area contributed by atoms with Crippen LogP contribution < -0.4 is 31.9 Å². The number of hydrogen-bond acceptors (Lipinski definition) is 24. The number of ether oxygens (including phenoxy) is 3. The highest BCUT2D eigenvalue weighted by molar-refractivity contribution is 7.88. The van der Waals surface area contributed by atoms with E-state index in [-0.39, 0.29) is 54.7 Å². The first-order valence-electron chi connectivity index (χ1n) is 46.5. The summed E-state index contributed by atoms with van der Waals surface area (Å²) in [6.45, 7) is 12.6. The van der Waals surface area contributed by atoms with Crippen molar-refractivity contribution in [1.29, 1.82) is 0 Å². The first kappa shape index (κ1) is 129. The van der Waals surface area contributed by atoms with E-state index < -0.39 is 104 Å². The lowest BCUT2D eigenvalue weighted by Gasteiger charge is -2.13. The molecule has 0 heterocycles. The van der Waals surface area contributed by atoms with Gasteiger partial charge in [0.2, 0.25) is 37.8 Å². The van der Waals surface area contributed by atoms with Crippen LogP contribution in [0.15, 0.2) is 170 Å². The Morgan fingerprint density at radius 3 is 0.945 bits per heavy atom. The highest BCUT2D eigenvalue weighted by Gasteiger charge is 2.24. The lowest BCUT2D eigenvalue weighted by atomic mass is 10.1. The van der Waals surface area contributed by atoms with Gasteiger partial charge in [0.1, 0.15) is 24.2 Å². The minimum Gasteiger partial charge on any atom is -0.480 e. The van der Waals surface area contributed by atoms with E-state index in [1.165, 1.54) is 63.2 Å². The highest BCUT2D eigenvalue weighted by atomic mass is 32.2. The summed E-state index contributed by atoms with van der Waals surface area (Å²) in [6.07, 6.45) is 27.0. The SMILES string of the molecule is CC(=O)N(C)CCC/C=C\c1cccc(C(=O)N[C@H](C)C(=O)O)c1.CC(CO)NC(=O)c1cccc(C#CCCCO)c1.COC(=O)[C@@H](C)NC(=O)c1cccc(/C=C\CCCN(C)C(C)=O)c1.COC(=O)[C@@H](C)NC(=O)c1cccc(/C=C\CCCN(C)S(C)(=O)=O)c1.COC(=O)[C@@H](CO)NC(=O)c1cccc(C#CCCCC(=O)N(C)C)c1.C[C@@H](NC(=O)c1cccc(/C=C\CCCN(C)S(C)(=O)=O)c1)C(=O)O. The van der Waals surface area contributed by atoms with Crippen LogP contribution >= 0.6 is 0 Å². The van der Waals surface area contributed by atoms with Crippen molar-refractivity contribution in [3.8, 4) is 23.7 Å². The lowest BCUT2D eigenvalue weighted by molar-refractivity contribution is -0.144. The number of aliphatic hydroxyl groups is 3. The Labute approximate surface area is 852 Å². The maximum absolute atomic E-state index is 12.2. The number of aliphatic carboxylic acids is 2. The third kappa shape index (κ3) is 56.4. The fourth-order valence-corrected chi connectivity index (χ4v) is 12.5. The minimum atomic E-state index is -3.15. The molecule has 1 unspecified atom stereocenters. The molecule has 0 aliphatic rings. The fraction of sp³-hybridized carbons (Fsp3) is 0.415. The molecule has 6 rings (SSSR count). The maximum atomic E-state index is 12.2. The van der Waals surface area contributed by atoms with Gasteiger partial charge >= 0.3 is 29.8 Å². The Kier molecular flexibility index (Phi) is 63.2. The van der Waals surface area contributed by atoms with Gasteiger partial charge in [0.25, 0.3) is 35.4 Å². The first-order valence-corrected chi connectivity index (χ1v) is 50.2. The van der Waals surface area contributed by atoms with Crippen molar-refractivity contribution >= 4 is 127 Å². The van der Waals surface area contributed by atoms with Crippen LogP contribution in [0, 0.1) is 23.7 Å². The molecule has 0 spiro atoms. The van der Waals surface area contributed by atoms with Gasteiger partial charge in [-0.3, -0.25) is 52.7 Å². The summed E-state index contributed by atoms with van der Waals surface area (Å²) in [7, 11) is 7.51. The van der Waals surface area contributed by atoms with E-state index in [0.717, 1.165) is 59.9 Å². The molecule has 790 valence electrons. The predicted molar refractivity (Wildman–Crippen MR) is 557 cm³/mol. The van der Waals surface area contributed by atoms with Crippen molar-refractivity contribution in [3.63, 3.8) is 0 Å². The number of allylic oxidation sites excluding steroid dienone is 4. The molecule has 0 bridgehead atoms. The third-order valence-electron chi connectivity index (χ3n) is 20.7. The minimum absolute atomic E-state index is 0.0493. The molecule has 0 fully saturated rings. The zero-order valence-electron chi connectivity index (χ0n) is 85.9. The van der Waals surface area contributed by atoms with Gasteiger partial charge in [-0.1, -0.05) is 133 Å². The number of hydrogen-bond donors (Lipinski definition) is 11.